The molecule has 0 bridgehead atoms. The van der Waals surface area contributed by atoms with Crippen molar-refractivity contribution in [3.8, 4) is 0 Å². The van der Waals surface area contributed by atoms with Crippen molar-refractivity contribution < 1.29 is 4.79 Å². The van der Waals surface area contributed by atoms with E-state index in [2.05, 4.69) is 30.8 Å². The van der Waals surface area contributed by atoms with E-state index in [1.807, 2.05) is 25.1 Å². The second-order valence-electron chi connectivity index (χ2n) is 3.17. The van der Waals surface area contributed by atoms with E-state index in [0.29, 0.717) is 4.88 Å². The van der Waals surface area contributed by atoms with Gasteiger partial charge in [-0.25, -0.2) is 0 Å². The van der Waals surface area contributed by atoms with Crippen LogP contribution >= 0.6 is 27.5 Å². The first-order valence-electron chi connectivity index (χ1n) is 4.52. The normalized spacial score (nSPS) is 10.1. The van der Waals surface area contributed by atoms with Crippen LogP contribution in [0.25, 0.3) is 0 Å². The van der Waals surface area contributed by atoms with Gasteiger partial charge in [-0.2, -0.15) is 0 Å². The van der Waals surface area contributed by atoms with Crippen LogP contribution in [-0.4, -0.2) is 15.5 Å². The van der Waals surface area contributed by atoms with Crippen molar-refractivity contribution in [2.45, 2.75) is 6.92 Å². The van der Waals surface area contributed by atoms with E-state index in [4.69, 9.17) is 0 Å². The molecule has 0 fully saturated rings. The number of hydrogen-bond acceptors (Lipinski definition) is 4. The Hall–Kier alpha value is -1.27. The highest BCUT2D eigenvalue weighted by Crippen LogP contribution is 2.26. The zero-order valence-corrected chi connectivity index (χ0v) is 10.8. The van der Waals surface area contributed by atoms with Crippen LogP contribution in [0, 0.1) is 6.92 Å². The molecular weight excluding hydrogens is 290 g/mol. The molecule has 0 spiro atoms. The lowest BCUT2D eigenvalue weighted by Gasteiger charge is -2.07. The molecule has 0 aliphatic rings. The molecule has 1 aromatic carbocycles. The number of carbonyl (C=O) groups excluding carboxylic acids is 1. The predicted molar refractivity (Wildman–Crippen MR) is 66.7 cm³/mol. The minimum absolute atomic E-state index is 0.193. The van der Waals surface area contributed by atoms with Crippen molar-refractivity contribution >= 4 is 39.1 Å². The number of nitrogens with one attached hydrogen (secondary N) is 1. The van der Waals surface area contributed by atoms with Gasteiger partial charge in [-0.1, -0.05) is 16.6 Å². The second kappa shape index (κ2) is 4.71. The summed E-state index contributed by atoms with van der Waals surface area (Å²) in [6.07, 6.45) is 1.45. The topological polar surface area (TPSA) is 54.9 Å². The SMILES string of the molecule is Cc1cccc(NC(=O)c2cnns2)c1Br. The van der Waals surface area contributed by atoms with Crippen LogP contribution in [0.15, 0.2) is 28.9 Å². The van der Waals surface area contributed by atoms with Gasteiger partial charge in [0.15, 0.2) is 0 Å². The number of benzene rings is 1. The summed E-state index contributed by atoms with van der Waals surface area (Å²) in [6.45, 7) is 1.97. The molecular formula is C10H8BrN3OS. The summed E-state index contributed by atoms with van der Waals surface area (Å²) in [5, 5.41) is 6.42. The summed E-state index contributed by atoms with van der Waals surface area (Å²) in [4.78, 5) is 12.2. The number of amides is 1. The van der Waals surface area contributed by atoms with Crippen molar-refractivity contribution in [1.29, 1.82) is 0 Å². The highest BCUT2D eigenvalue weighted by Gasteiger charge is 2.10. The number of halogens is 1. The van der Waals surface area contributed by atoms with Gasteiger partial charge in [-0.3, -0.25) is 4.79 Å². The summed E-state index contributed by atoms with van der Waals surface area (Å²) in [6, 6.07) is 5.69. The molecule has 4 nitrogen and oxygen atoms in total. The van der Waals surface area contributed by atoms with Crippen LogP contribution in [0.3, 0.4) is 0 Å². The smallest absolute Gasteiger partial charge is 0.269 e. The first-order valence-corrected chi connectivity index (χ1v) is 6.09. The van der Waals surface area contributed by atoms with Crippen LogP contribution in [-0.2, 0) is 0 Å². The third-order valence-corrected chi connectivity index (χ3v) is 3.74. The van der Waals surface area contributed by atoms with Gasteiger partial charge >= 0.3 is 0 Å². The highest BCUT2D eigenvalue weighted by molar-refractivity contribution is 9.10. The zero-order valence-electron chi connectivity index (χ0n) is 8.40. The van der Waals surface area contributed by atoms with E-state index >= 15 is 0 Å². The van der Waals surface area contributed by atoms with E-state index in [9.17, 15) is 4.79 Å². The molecule has 2 aromatic rings. The van der Waals surface area contributed by atoms with Gasteiger partial charge in [-0.15, -0.1) is 5.10 Å². The van der Waals surface area contributed by atoms with E-state index in [1.54, 1.807) is 0 Å². The van der Waals surface area contributed by atoms with Crippen molar-refractivity contribution in [3.63, 3.8) is 0 Å². The highest BCUT2D eigenvalue weighted by atomic mass is 79.9. The predicted octanol–water partition coefficient (Wildman–Crippen LogP) is 2.86. The average molecular weight is 298 g/mol. The summed E-state index contributed by atoms with van der Waals surface area (Å²) < 4.78 is 4.53. The summed E-state index contributed by atoms with van der Waals surface area (Å²) in [5.41, 5.74) is 1.82. The first-order chi connectivity index (χ1) is 7.68. The molecule has 0 saturated carbocycles. The molecule has 0 atom stereocenters. The average Bonchev–Trinajstić information content (AvgIpc) is 2.78. The van der Waals surface area contributed by atoms with Crippen molar-refractivity contribution in [2.24, 2.45) is 0 Å². The third kappa shape index (κ3) is 2.28. The minimum atomic E-state index is -0.193. The summed E-state index contributed by atoms with van der Waals surface area (Å²) in [7, 11) is 0. The van der Waals surface area contributed by atoms with Crippen molar-refractivity contribution in [2.75, 3.05) is 5.32 Å². The molecule has 6 heteroatoms. The van der Waals surface area contributed by atoms with Crippen molar-refractivity contribution in [1.82, 2.24) is 9.59 Å². The monoisotopic (exact) mass is 297 g/mol. The molecule has 0 aliphatic carbocycles. The molecule has 0 unspecified atom stereocenters. The number of anilines is 1. The minimum Gasteiger partial charge on any atom is -0.320 e. The van der Waals surface area contributed by atoms with Gasteiger partial charge in [0.05, 0.1) is 11.9 Å². The zero-order chi connectivity index (χ0) is 11.5. The number of aromatic nitrogens is 2. The number of nitrogens with zero attached hydrogens (tertiary/aromatic N) is 2. The Bertz CT molecular complexity index is 513. The maximum Gasteiger partial charge on any atom is 0.269 e. The van der Waals surface area contributed by atoms with E-state index in [1.165, 1.54) is 6.20 Å². The maximum absolute atomic E-state index is 11.7. The number of carbonyl (C=O) groups is 1. The largest absolute Gasteiger partial charge is 0.320 e. The Kier molecular flexibility index (Phi) is 3.31. The molecule has 1 aromatic heterocycles. The molecule has 1 N–H and O–H groups in total. The van der Waals surface area contributed by atoms with Gasteiger partial charge < -0.3 is 5.32 Å². The second-order valence-corrected chi connectivity index (χ2v) is 4.75. The van der Waals surface area contributed by atoms with E-state index < -0.39 is 0 Å². The van der Waals surface area contributed by atoms with Gasteiger partial charge in [0, 0.05) is 4.47 Å². The van der Waals surface area contributed by atoms with Crippen LogP contribution in [0.1, 0.15) is 15.2 Å². The number of rotatable bonds is 2. The fourth-order valence-corrected chi connectivity index (χ4v) is 1.97. The van der Waals surface area contributed by atoms with Crippen LogP contribution < -0.4 is 5.32 Å². The van der Waals surface area contributed by atoms with E-state index in [0.717, 1.165) is 27.3 Å². The van der Waals surface area contributed by atoms with E-state index in [-0.39, 0.29) is 5.91 Å². The van der Waals surface area contributed by atoms with Crippen LogP contribution in [0.5, 0.6) is 0 Å². The Labute approximate surface area is 105 Å². The Balaban J connectivity index is 2.22. The van der Waals surface area contributed by atoms with Gasteiger partial charge in [0.1, 0.15) is 4.88 Å². The standard InChI is InChI=1S/C10H8BrN3OS/c1-6-3-2-4-7(9(6)11)13-10(15)8-5-12-14-16-8/h2-5H,1H3,(H,13,15). The molecule has 1 heterocycles. The Morgan fingerprint density at radius 3 is 3.00 bits per heavy atom. The maximum atomic E-state index is 11.7. The lowest BCUT2D eigenvalue weighted by molar-refractivity contribution is 0.103. The quantitative estimate of drug-likeness (QED) is 0.927. The summed E-state index contributed by atoms with van der Waals surface area (Å²) in [5.74, 6) is -0.193. The molecule has 0 aliphatic heterocycles. The molecule has 1 amide bonds. The van der Waals surface area contributed by atoms with Gasteiger partial charge in [-0.05, 0) is 46.0 Å². The van der Waals surface area contributed by atoms with Gasteiger partial charge in [0.25, 0.3) is 5.91 Å². The molecule has 0 radical (unpaired) electrons. The lowest BCUT2D eigenvalue weighted by atomic mass is 10.2. The van der Waals surface area contributed by atoms with Crippen molar-refractivity contribution in [3.05, 3.63) is 39.3 Å². The fraction of sp³-hybridized carbons (Fsp3) is 0.100. The fourth-order valence-electron chi connectivity index (χ4n) is 1.20. The number of hydrogen-bond donors (Lipinski definition) is 1. The summed E-state index contributed by atoms with van der Waals surface area (Å²) >= 11 is 4.50. The van der Waals surface area contributed by atoms with Crippen LogP contribution in [0.4, 0.5) is 5.69 Å². The Morgan fingerprint density at radius 2 is 2.31 bits per heavy atom. The van der Waals surface area contributed by atoms with Gasteiger partial charge in [0.2, 0.25) is 0 Å². The first kappa shape index (κ1) is 11.2. The lowest BCUT2D eigenvalue weighted by Crippen LogP contribution is -2.10. The van der Waals surface area contributed by atoms with Crippen LogP contribution in [0.2, 0.25) is 0 Å². The molecule has 2 rings (SSSR count). The molecule has 82 valence electrons. The Morgan fingerprint density at radius 1 is 1.50 bits per heavy atom. The third-order valence-electron chi connectivity index (χ3n) is 2.03. The molecule has 0 saturated heterocycles. The number of aryl methyl sites for hydroxylation is 1. The molecule has 16 heavy (non-hydrogen) atoms.